The van der Waals surface area contributed by atoms with Crippen molar-refractivity contribution in [2.45, 2.75) is 32.6 Å². The first kappa shape index (κ1) is 24.0. The Hall–Kier alpha value is -4.14. The van der Waals surface area contributed by atoms with E-state index in [1.165, 1.54) is 6.07 Å². The van der Waals surface area contributed by atoms with Crippen molar-refractivity contribution in [1.29, 1.82) is 0 Å². The summed E-state index contributed by atoms with van der Waals surface area (Å²) in [5, 5.41) is 21.2. The van der Waals surface area contributed by atoms with E-state index in [0.29, 0.717) is 12.8 Å². The van der Waals surface area contributed by atoms with E-state index in [1.807, 2.05) is 36.4 Å². The third kappa shape index (κ3) is 4.75. The molecule has 0 bridgehead atoms. The molecule has 0 saturated heterocycles. The smallest absolute Gasteiger partial charge is 0.412 e. The maximum atomic E-state index is 12.5. The average molecular weight is 477 g/mol. The van der Waals surface area contributed by atoms with Crippen LogP contribution in [0.2, 0.25) is 0 Å². The third-order valence-corrected chi connectivity index (χ3v) is 6.79. The number of nitrogens with zero attached hydrogens (tertiary/aromatic N) is 1. The number of aliphatic carboxylic acids is 1. The van der Waals surface area contributed by atoms with Crippen molar-refractivity contribution in [1.82, 2.24) is 15.5 Å². The summed E-state index contributed by atoms with van der Waals surface area (Å²) in [4.78, 5) is 36.5. The maximum Gasteiger partial charge on any atom is 0.412 e. The summed E-state index contributed by atoms with van der Waals surface area (Å²) >= 11 is 0. The lowest BCUT2D eigenvalue weighted by Crippen LogP contribution is -2.42. The number of hydrogen-bond donors (Lipinski definition) is 4. The number of aromatic amines is 1. The molecule has 2 amide bonds. The topological polar surface area (TPSA) is 133 Å². The number of benzene rings is 2. The molecule has 2 aromatic carbocycles. The molecule has 0 unspecified atom stereocenters. The van der Waals surface area contributed by atoms with Gasteiger partial charge in [-0.25, -0.2) is 4.79 Å². The second-order valence-electron chi connectivity index (χ2n) is 8.59. The number of ether oxygens (including phenoxy) is 1. The SMILES string of the molecule is CCC(CC)(CNC(=O)c1cc(NC(=O)OCC2c3ccccc3-c3ccccc32)n[nH]1)C(=O)O. The van der Waals surface area contributed by atoms with Gasteiger partial charge in [0.25, 0.3) is 5.91 Å². The number of anilines is 1. The highest BCUT2D eigenvalue weighted by molar-refractivity contribution is 5.94. The van der Waals surface area contributed by atoms with Crippen LogP contribution >= 0.6 is 0 Å². The highest BCUT2D eigenvalue weighted by Crippen LogP contribution is 2.44. The molecule has 9 nitrogen and oxygen atoms in total. The molecule has 9 heteroatoms. The first-order chi connectivity index (χ1) is 16.9. The zero-order chi connectivity index (χ0) is 25.0. The van der Waals surface area contributed by atoms with Crippen LogP contribution in [0.3, 0.4) is 0 Å². The van der Waals surface area contributed by atoms with Crippen molar-refractivity contribution >= 4 is 23.8 Å². The van der Waals surface area contributed by atoms with Crippen molar-refractivity contribution < 1.29 is 24.2 Å². The molecule has 4 N–H and O–H groups in total. The summed E-state index contributed by atoms with van der Waals surface area (Å²) in [5.74, 6) is -1.40. The van der Waals surface area contributed by atoms with Gasteiger partial charge in [-0.1, -0.05) is 62.4 Å². The van der Waals surface area contributed by atoms with Gasteiger partial charge in [0.05, 0.1) is 5.41 Å². The van der Waals surface area contributed by atoms with Gasteiger partial charge in [-0.3, -0.25) is 20.0 Å². The number of nitrogens with one attached hydrogen (secondary N) is 3. The largest absolute Gasteiger partial charge is 0.481 e. The lowest BCUT2D eigenvalue weighted by molar-refractivity contribution is -0.149. The third-order valence-electron chi connectivity index (χ3n) is 6.79. The van der Waals surface area contributed by atoms with E-state index in [0.717, 1.165) is 22.3 Å². The Bertz CT molecular complexity index is 1200. The molecular formula is C26H28N4O5. The Morgan fingerprint density at radius 1 is 1.03 bits per heavy atom. The van der Waals surface area contributed by atoms with E-state index in [2.05, 4.69) is 33.0 Å². The predicted octanol–water partition coefficient (Wildman–Crippen LogP) is 4.39. The fourth-order valence-corrected chi connectivity index (χ4v) is 4.46. The summed E-state index contributed by atoms with van der Waals surface area (Å²) in [6.45, 7) is 3.69. The minimum atomic E-state index is -1.03. The molecule has 4 rings (SSSR count). The van der Waals surface area contributed by atoms with Gasteiger partial charge in [-0.15, -0.1) is 0 Å². The zero-order valence-electron chi connectivity index (χ0n) is 19.6. The Balaban J connectivity index is 1.34. The van der Waals surface area contributed by atoms with Crippen LogP contribution in [0.5, 0.6) is 0 Å². The number of amides is 2. The molecule has 0 aliphatic heterocycles. The maximum absolute atomic E-state index is 12.5. The van der Waals surface area contributed by atoms with Crippen LogP contribution < -0.4 is 10.6 Å². The quantitative estimate of drug-likeness (QED) is 0.362. The van der Waals surface area contributed by atoms with Gasteiger partial charge < -0.3 is 15.2 Å². The number of carbonyl (C=O) groups is 3. The van der Waals surface area contributed by atoms with E-state index in [4.69, 9.17) is 4.74 Å². The lowest BCUT2D eigenvalue weighted by atomic mass is 9.82. The van der Waals surface area contributed by atoms with Crippen LogP contribution in [-0.2, 0) is 9.53 Å². The number of rotatable bonds is 9. The highest BCUT2D eigenvalue weighted by atomic mass is 16.5. The van der Waals surface area contributed by atoms with Crippen molar-refractivity contribution in [2.75, 3.05) is 18.5 Å². The molecule has 0 fully saturated rings. The molecule has 3 aromatic rings. The summed E-state index contributed by atoms with van der Waals surface area (Å²) in [6.07, 6.45) is 0.0834. The molecule has 1 aliphatic rings. The van der Waals surface area contributed by atoms with Crippen LogP contribution in [0.15, 0.2) is 54.6 Å². The van der Waals surface area contributed by atoms with Crippen molar-refractivity contribution in [3.05, 3.63) is 71.4 Å². The molecule has 0 saturated carbocycles. The zero-order valence-corrected chi connectivity index (χ0v) is 19.6. The standard InChI is InChI=1S/C26H28N4O5/c1-3-26(4-2,24(32)33)15-27-23(31)21-13-22(30-29-21)28-25(34)35-14-20-18-11-7-5-9-16(18)17-10-6-8-12-19(17)20/h5-13,20H,3-4,14-15H2,1-2H3,(H,27,31)(H,32,33)(H2,28,29,30,34). The number of H-pyrrole nitrogens is 1. The highest BCUT2D eigenvalue weighted by Gasteiger charge is 2.35. The van der Waals surface area contributed by atoms with Crippen molar-refractivity contribution in [2.24, 2.45) is 5.41 Å². The monoisotopic (exact) mass is 476 g/mol. The summed E-state index contributed by atoms with van der Waals surface area (Å²) in [6, 6.07) is 17.5. The van der Waals surface area contributed by atoms with Gasteiger partial charge in [-0.2, -0.15) is 5.10 Å². The Labute approximate surface area is 202 Å². The Morgan fingerprint density at radius 3 is 2.20 bits per heavy atom. The van der Waals surface area contributed by atoms with E-state index in [9.17, 15) is 19.5 Å². The molecule has 182 valence electrons. The van der Waals surface area contributed by atoms with Gasteiger partial charge in [0.2, 0.25) is 0 Å². The van der Waals surface area contributed by atoms with Crippen LogP contribution in [0.1, 0.15) is 54.2 Å². The molecule has 35 heavy (non-hydrogen) atoms. The van der Waals surface area contributed by atoms with E-state index in [-0.39, 0.29) is 30.6 Å². The number of carbonyl (C=O) groups excluding carboxylic acids is 2. The number of fused-ring (bicyclic) bond motifs is 3. The fraction of sp³-hybridized carbons (Fsp3) is 0.308. The van der Waals surface area contributed by atoms with Gasteiger partial charge in [0, 0.05) is 18.5 Å². The Kier molecular flexibility index (Phi) is 6.86. The second kappa shape index (κ2) is 10.0. The number of aromatic nitrogens is 2. The van der Waals surface area contributed by atoms with Crippen LogP contribution in [0, 0.1) is 5.41 Å². The first-order valence-electron chi connectivity index (χ1n) is 11.6. The fourth-order valence-electron chi connectivity index (χ4n) is 4.46. The van der Waals surface area contributed by atoms with Crippen molar-refractivity contribution in [3.63, 3.8) is 0 Å². The molecule has 0 spiro atoms. The summed E-state index contributed by atoms with van der Waals surface area (Å²) in [5.41, 5.74) is 3.56. The molecule has 0 atom stereocenters. The van der Waals surface area contributed by atoms with Crippen molar-refractivity contribution in [3.8, 4) is 11.1 Å². The first-order valence-corrected chi connectivity index (χ1v) is 11.6. The van der Waals surface area contributed by atoms with E-state index >= 15 is 0 Å². The molecular weight excluding hydrogens is 448 g/mol. The van der Waals surface area contributed by atoms with Gasteiger partial charge in [-0.05, 0) is 35.1 Å². The summed E-state index contributed by atoms with van der Waals surface area (Å²) in [7, 11) is 0. The number of hydrogen-bond acceptors (Lipinski definition) is 5. The normalized spacial score (nSPS) is 12.5. The summed E-state index contributed by atoms with van der Waals surface area (Å²) < 4.78 is 5.49. The number of carboxylic acid groups (broad SMARTS) is 1. The molecule has 1 aliphatic carbocycles. The van der Waals surface area contributed by atoms with E-state index < -0.39 is 23.4 Å². The van der Waals surface area contributed by atoms with Crippen LogP contribution in [0.25, 0.3) is 11.1 Å². The van der Waals surface area contributed by atoms with Gasteiger partial charge in [0.1, 0.15) is 12.3 Å². The molecule has 1 heterocycles. The minimum absolute atomic E-state index is 0.0116. The number of carboxylic acids is 1. The molecule has 1 aromatic heterocycles. The Morgan fingerprint density at radius 2 is 1.63 bits per heavy atom. The van der Waals surface area contributed by atoms with Crippen LogP contribution in [-0.4, -0.2) is 46.4 Å². The van der Waals surface area contributed by atoms with Crippen LogP contribution in [0.4, 0.5) is 10.6 Å². The minimum Gasteiger partial charge on any atom is -0.481 e. The van der Waals surface area contributed by atoms with Gasteiger partial charge >= 0.3 is 12.1 Å². The molecule has 0 radical (unpaired) electrons. The predicted molar refractivity (Wildman–Crippen MR) is 130 cm³/mol. The van der Waals surface area contributed by atoms with E-state index in [1.54, 1.807) is 13.8 Å². The lowest BCUT2D eigenvalue weighted by Gasteiger charge is -2.26. The second-order valence-corrected chi connectivity index (χ2v) is 8.59. The average Bonchev–Trinajstić information content (AvgIpc) is 3.46. The van der Waals surface area contributed by atoms with Gasteiger partial charge in [0.15, 0.2) is 5.82 Å².